The minimum Gasteiger partial charge on any atom is -0.372 e. The molecule has 3 rings (SSSR count). The number of anilines is 3. The van der Waals surface area contributed by atoms with E-state index in [4.69, 9.17) is 5.26 Å². The highest BCUT2D eigenvalue weighted by Gasteiger charge is 2.10. The highest BCUT2D eigenvalue weighted by Crippen LogP contribution is 2.26. The van der Waals surface area contributed by atoms with Crippen LogP contribution < -0.4 is 10.6 Å². The van der Waals surface area contributed by atoms with E-state index in [1.165, 1.54) is 0 Å². The van der Waals surface area contributed by atoms with Crippen LogP contribution in [-0.4, -0.2) is 31.8 Å². The molecule has 0 aliphatic carbocycles. The van der Waals surface area contributed by atoms with Gasteiger partial charge in [0.2, 0.25) is 5.95 Å². The molecular weight excluding hydrogens is 292 g/mol. The van der Waals surface area contributed by atoms with E-state index in [2.05, 4.69) is 30.7 Å². The maximum atomic E-state index is 8.75. The minimum atomic E-state index is 0.360. The SMILES string of the molecule is CNc1nc(Nc2ccc(C#N)nc2)ncc1-c1cnn(C)c1. The van der Waals surface area contributed by atoms with Crippen LogP contribution in [0.15, 0.2) is 36.9 Å². The molecule has 23 heavy (non-hydrogen) atoms. The molecule has 3 aromatic heterocycles. The molecule has 0 aliphatic heterocycles. The van der Waals surface area contributed by atoms with Crippen LogP contribution in [0, 0.1) is 11.3 Å². The Balaban J connectivity index is 1.88. The van der Waals surface area contributed by atoms with Gasteiger partial charge in [0, 0.05) is 37.6 Å². The summed E-state index contributed by atoms with van der Waals surface area (Å²) in [5.41, 5.74) is 2.87. The molecule has 0 fully saturated rings. The molecule has 0 amide bonds. The van der Waals surface area contributed by atoms with Crippen molar-refractivity contribution in [2.45, 2.75) is 0 Å². The van der Waals surface area contributed by atoms with Crippen LogP contribution in [-0.2, 0) is 7.05 Å². The van der Waals surface area contributed by atoms with Gasteiger partial charge in [0.15, 0.2) is 0 Å². The molecule has 114 valence electrons. The fourth-order valence-electron chi connectivity index (χ4n) is 2.07. The maximum Gasteiger partial charge on any atom is 0.229 e. The lowest BCUT2D eigenvalue weighted by Crippen LogP contribution is -2.02. The van der Waals surface area contributed by atoms with Gasteiger partial charge < -0.3 is 10.6 Å². The molecule has 8 nitrogen and oxygen atoms in total. The lowest BCUT2D eigenvalue weighted by Gasteiger charge is -2.09. The average molecular weight is 306 g/mol. The highest BCUT2D eigenvalue weighted by atomic mass is 15.2. The summed E-state index contributed by atoms with van der Waals surface area (Å²) < 4.78 is 1.73. The second-order valence-electron chi connectivity index (χ2n) is 4.78. The molecular formula is C15H14N8. The summed E-state index contributed by atoms with van der Waals surface area (Å²) in [6.07, 6.45) is 6.96. The normalized spacial score (nSPS) is 10.1. The van der Waals surface area contributed by atoms with Crippen LogP contribution in [0.2, 0.25) is 0 Å². The Bertz CT molecular complexity index is 860. The van der Waals surface area contributed by atoms with E-state index in [-0.39, 0.29) is 0 Å². The fourth-order valence-corrected chi connectivity index (χ4v) is 2.07. The molecule has 3 heterocycles. The third kappa shape index (κ3) is 3.08. The van der Waals surface area contributed by atoms with Crippen molar-refractivity contribution >= 4 is 17.5 Å². The second kappa shape index (κ2) is 6.11. The first-order valence-electron chi connectivity index (χ1n) is 6.86. The zero-order valence-corrected chi connectivity index (χ0v) is 12.6. The Labute approximate surface area is 132 Å². The molecule has 0 spiro atoms. The number of hydrogen-bond donors (Lipinski definition) is 2. The summed E-state index contributed by atoms with van der Waals surface area (Å²) in [5.74, 6) is 1.13. The molecule has 0 unspecified atom stereocenters. The number of aryl methyl sites for hydroxylation is 1. The van der Waals surface area contributed by atoms with Gasteiger partial charge in [0.25, 0.3) is 0 Å². The summed E-state index contributed by atoms with van der Waals surface area (Å²) in [6, 6.07) is 5.36. The monoisotopic (exact) mass is 306 g/mol. The Morgan fingerprint density at radius 1 is 1.17 bits per heavy atom. The average Bonchev–Trinajstić information content (AvgIpc) is 3.01. The van der Waals surface area contributed by atoms with Crippen molar-refractivity contribution in [2.75, 3.05) is 17.7 Å². The van der Waals surface area contributed by atoms with Crippen LogP contribution in [0.1, 0.15) is 5.69 Å². The zero-order chi connectivity index (χ0) is 16.2. The van der Waals surface area contributed by atoms with Crippen LogP contribution in [0.3, 0.4) is 0 Å². The Hall–Kier alpha value is -3.47. The number of rotatable bonds is 4. The molecule has 0 saturated heterocycles. The number of aromatic nitrogens is 5. The number of nitrogens with zero attached hydrogens (tertiary/aromatic N) is 6. The van der Waals surface area contributed by atoms with Crippen molar-refractivity contribution in [1.29, 1.82) is 5.26 Å². The Morgan fingerprint density at radius 2 is 2.04 bits per heavy atom. The zero-order valence-electron chi connectivity index (χ0n) is 12.6. The first-order valence-corrected chi connectivity index (χ1v) is 6.86. The molecule has 0 radical (unpaired) electrons. The summed E-state index contributed by atoms with van der Waals surface area (Å²) in [4.78, 5) is 12.8. The summed E-state index contributed by atoms with van der Waals surface area (Å²) in [7, 11) is 3.66. The topological polar surface area (TPSA) is 104 Å². The Morgan fingerprint density at radius 3 is 2.65 bits per heavy atom. The van der Waals surface area contributed by atoms with E-state index in [0.717, 1.165) is 11.1 Å². The Kier molecular flexibility index (Phi) is 3.84. The lowest BCUT2D eigenvalue weighted by atomic mass is 10.2. The van der Waals surface area contributed by atoms with Crippen molar-refractivity contribution in [2.24, 2.45) is 7.05 Å². The first-order chi connectivity index (χ1) is 11.2. The van der Waals surface area contributed by atoms with Gasteiger partial charge >= 0.3 is 0 Å². The predicted molar refractivity (Wildman–Crippen MR) is 86.0 cm³/mol. The maximum absolute atomic E-state index is 8.75. The summed E-state index contributed by atoms with van der Waals surface area (Å²) in [5, 5.41) is 19.0. The number of nitriles is 1. The van der Waals surface area contributed by atoms with Gasteiger partial charge in [-0.25, -0.2) is 9.97 Å². The largest absolute Gasteiger partial charge is 0.372 e. The van der Waals surface area contributed by atoms with Gasteiger partial charge in [-0.1, -0.05) is 0 Å². The molecule has 0 aliphatic rings. The van der Waals surface area contributed by atoms with Gasteiger partial charge in [-0.2, -0.15) is 15.3 Å². The summed E-state index contributed by atoms with van der Waals surface area (Å²) in [6.45, 7) is 0. The van der Waals surface area contributed by atoms with E-state index in [0.29, 0.717) is 23.1 Å². The van der Waals surface area contributed by atoms with Crippen LogP contribution >= 0.6 is 0 Å². The number of nitrogens with one attached hydrogen (secondary N) is 2. The van der Waals surface area contributed by atoms with Gasteiger partial charge in [-0.05, 0) is 12.1 Å². The van der Waals surface area contributed by atoms with E-state index in [1.54, 1.807) is 42.5 Å². The third-order valence-corrected chi connectivity index (χ3v) is 3.18. The van der Waals surface area contributed by atoms with Crippen molar-refractivity contribution in [3.63, 3.8) is 0 Å². The molecule has 2 N–H and O–H groups in total. The van der Waals surface area contributed by atoms with Crippen LogP contribution in [0.4, 0.5) is 17.5 Å². The van der Waals surface area contributed by atoms with Crippen LogP contribution in [0.5, 0.6) is 0 Å². The third-order valence-electron chi connectivity index (χ3n) is 3.18. The van der Waals surface area contributed by atoms with Crippen molar-refractivity contribution < 1.29 is 0 Å². The van der Waals surface area contributed by atoms with Crippen molar-refractivity contribution in [3.8, 4) is 17.2 Å². The van der Waals surface area contributed by atoms with Gasteiger partial charge in [-0.15, -0.1) is 0 Å². The minimum absolute atomic E-state index is 0.360. The molecule has 0 aromatic carbocycles. The highest BCUT2D eigenvalue weighted by molar-refractivity contribution is 5.74. The molecule has 0 saturated carbocycles. The lowest BCUT2D eigenvalue weighted by molar-refractivity contribution is 0.768. The molecule has 3 aromatic rings. The molecule has 8 heteroatoms. The predicted octanol–water partition coefficient (Wildman–Crippen LogP) is 1.93. The van der Waals surface area contributed by atoms with E-state index >= 15 is 0 Å². The number of hydrogen-bond acceptors (Lipinski definition) is 7. The molecule has 0 atom stereocenters. The smallest absolute Gasteiger partial charge is 0.229 e. The van der Waals surface area contributed by atoms with Crippen molar-refractivity contribution in [3.05, 3.63) is 42.6 Å². The van der Waals surface area contributed by atoms with Crippen molar-refractivity contribution in [1.82, 2.24) is 24.7 Å². The fraction of sp³-hybridized carbons (Fsp3) is 0.133. The quantitative estimate of drug-likeness (QED) is 0.758. The standard InChI is InChI=1S/C15H14N8/c1-17-14-13(10-6-20-23(2)9-10)8-19-15(22-14)21-12-4-3-11(5-16)18-7-12/h3-4,6-9H,1-2H3,(H2,17,19,21,22). The first kappa shape index (κ1) is 14.5. The van der Waals surface area contributed by atoms with E-state index < -0.39 is 0 Å². The number of pyridine rings is 1. The second-order valence-corrected chi connectivity index (χ2v) is 4.78. The summed E-state index contributed by atoms with van der Waals surface area (Å²) >= 11 is 0. The van der Waals surface area contributed by atoms with Crippen LogP contribution in [0.25, 0.3) is 11.1 Å². The van der Waals surface area contributed by atoms with E-state index in [1.807, 2.05) is 19.3 Å². The van der Waals surface area contributed by atoms with Gasteiger partial charge in [-0.3, -0.25) is 4.68 Å². The van der Waals surface area contributed by atoms with E-state index in [9.17, 15) is 0 Å². The van der Waals surface area contributed by atoms with Gasteiger partial charge in [0.1, 0.15) is 17.6 Å². The molecule has 0 bridgehead atoms. The van der Waals surface area contributed by atoms with Gasteiger partial charge in [0.05, 0.1) is 18.1 Å².